The monoisotopic (exact) mass is 293 g/mol. The first-order chi connectivity index (χ1) is 8.86. The number of likely N-dealkylation sites (N-methyl/N-ethyl adjacent to an activating group) is 1. The lowest BCUT2D eigenvalue weighted by atomic mass is 10.4. The maximum Gasteiger partial charge on any atom is 0.236 e. The van der Waals surface area contributed by atoms with Crippen molar-refractivity contribution in [3.05, 3.63) is 0 Å². The van der Waals surface area contributed by atoms with Crippen LogP contribution in [0, 0.1) is 0 Å². The van der Waals surface area contributed by atoms with Crippen molar-refractivity contribution in [1.29, 1.82) is 0 Å². The molecule has 0 spiro atoms. The van der Waals surface area contributed by atoms with Crippen LogP contribution in [0.25, 0.3) is 0 Å². The molecule has 0 radical (unpaired) electrons. The van der Waals surface area contributed by atoms with Gasteiger partial charge in [-0.1, -0.05) is 6.92 Å². The maximum atomic E-state index is 11.7. The molecule has 0 aliphatic heterocycles. The lowest BCUT2D eigenvalue weighted by molar-refractivity contribution is -0.129. The first-order valence-electron chi connectivity index (χ1n) is 6.80. The van der Waals surface area contributed by atoms with Crippen molar-refractivity contribution >= 4 is 15.9 Å². The molecule has 0 saturated heterocycles. The molecule has 0 fully saturated rings. The van der Waals surface area contributed by atoms with Gasteiger partial charge in [-0.2, -0.15) is 0 Å². The third-order valence-electron chi connectivity index (χ3n) is 2.98. The highest BCUT2D eigenvalue weighted by molar-refractivity contribution is 7.88. The Morgan fingerprint density at radius 3 is 2.11 bits per heavy atom. The van der Waals surface area contributed by atoms with E-state index in [-0.39, 0.29) is 5.91 Å². The minimum atomic E-state index is -3.11. The summed E-state index contributed by atoms with van der Waals surface area (Å²) in [4.78, 5) is 13.4. The van der Waals surface area contributed by atoms with Gasteiger partial charge in [-0.3, -0.25) is 4.79 Å². The molecule has 0 saturated carbocycles. The van der Waals surface area contributed by atoms with Gasteiger partial charge in [-0.15, -0.1) is 0 Å². The van der Waals surface area contributed by atoms with Crippen molar-refractivity contribution in [3.63, 3.8) is 0 Å². The summed E-state index contributed by atoms with van der Waals surface area (Å²) in [6.45, 7) is 9.08. The molecule has 1 amide bonds. The Balaban J connectivity index is 3.85. The molecule has 0 aliphatic carbocycles. The molecule has 6 nitrogen and oxygen atoms in total. The Morgan fingerprint density at radius 2 is 1.68 bits per heavy atom. The number of carbonyl (C=O) groups is 1. The number of hydrogen-bond acceptors (Lipinski definition) is 4. The van der Waals surface area contributed by atoms with Crippen LogP contribution in [0.1, 0.15) is 27.2 Å². The van der Waals surface area contributed by atoms with Gasteiger partial charge in [-0.05, 0) is 26.8 Å². The van der Waals surface area contributed by atoms with Gasteiger partial charge in [0.1, 0.15) is 0 Å². The Kier molecular flexibility index (Phi) is 8.95. The van der Waals surface area contributed by atoms with E-state index in [9.17, 15) is 13.2 Å². The number of nitrogens with zero attached hydrogens (tertiary/aromatic N) is 2. The average molecular weight is 293 g/mol. The lowest BCUT2D eigenvalue weighted by Crippen LogP contribution is -2.39. The SMILES string of the molecule is CCN(CC)C(=O)CNCCCN(CC)S(C)(=O)=O. The second-order valence-corrected chi connectivity index (χ2v) is 6.33. The summed E-state index contributed by atoms with van der Waals surface area (Å²) in [5.74, 6) is 0.0838. The van der Waals surface area contributed by atoms with Gasteiger partial charge in [-0.25, -0.2) is 12.7 Å². The highest BCUT2D eigenvalue weighted by Gasteiger charge is 2.13. The molecular weight excluding hydrogens is 266 g/mol. The zero-order chi connectivity index (χ0) is 14.9. The van der Waals surface area contributed by atoms with Crippen LogP contribution in [0.5, 0.6) is 0 Å². The molecule has 0 aromatic heterocycles. The quantitative estimate of drug-likeness (QED) is 0.581. The Hall–Kier alpha value is -0.660. The fourth-order valence-electron chi connectivity index (χ4n) is 1.82. The summed E-state index contributed by atoms with van der Waals surface area (Å²) < 4.78 is 24.1. The van der Waals surface area contributed by atoms with Gasteiger partial charge in [0, 0.05) is 26.2 Å². The molecule has 0 aromatic carbocycles. The van der Waals surface area contributed by atoms with Crippen LogP contribution >= 0.6 is 0 Å². The molecule has 1 N–H and O–H groups in total. The summed E-state index contributed by atoms with van der Waals surface area (Å²) in [7, 11) is -3.11. The van der Waals surface area contributed by atoms with E-state index in [1.807, 2.05) is 20.8 Å². The van der Waals surface area contributed by atoms with E-state index < -0.39 is 10.0 Å². The van der Waals surface area contributed by atoms with Gasteiger partial charge in [0.25, 0.3) is 0 Å². The Bertz CT molecular complexity index is 353. The molecular formula is C12H27N3O3S. The van der Waals surface area contributed by atoms with E-state index in [0.717, 1.165) is 0 Å². The number of carbonyl (C=O) groups excluding carboxylic acids is 1. The predicted octanol–water partition coefficient (Wildman–Crippen LogP) is 0.116. The Labute approximate surface area is 117 Å². The van der Waals surface area contributed by atoms with E-state index in [1.165, 1.54) is 10.6 Å². The van der Waals surface area contributed by atoms with Crippen LogP contribution in [0.15, 0.2) is 0 Å². The van der Waals surface area contributed by atoms with Gasteiger partial charge >= 0.3 is 0 Å². The topological polar surface area (TPSA) is 69.7 Å². The molecule has 0 bridgehead atoms. The summed E-state index contributed by atoms with van der Waals surface area (Å²) in [5.41, 5.74) is 0. The molecule has 19 heavy (non-hydrogen) atoms. The van der Waals surface area contributed by atoms with Gasteiger partial charge < -0.3 is 10.2 Å². The smallest absolute Gasteiger partial charge is 0.236 e. The first-order valence-corrected chi connectivity index (χ1v) is 8.65. The van der Waals surface area contributed by atoms with E-state index >= 15 is 0 Å². The summed E-state index contributed by atoms with van der Waals surface area (Å²) in [5, 5.41) is 3.05. The molecule has 0 heterocycles. The van der Waals surface area contributed by atoms with Crippen LogP contribution in [-0.4, -0.2) is 69.1 Å². The molecule has 0 aromatic rings. The third kappa shape index (κ3) is 7.49. The fourth-order valence-corrected chi connectivity index (χ4v) is 2.75. The van der Waals surface area contributed by atoms with E-state index in [0.29, 0.717) is 45.7 Å². The standard InChI is InChI=1S/C12H27N3O3S/c1-5-14(6-2)12(16)11-13-9-8-10-15(7-3)19(4,17)18/h13H,5-11H2,1-4H3. The van der Waals surface area contributed by atoms with Crippen LogP contribution in [0.2, 0.25) is 0 Å². The van der Waals surface area contributed by atoms with Crippen molar-refractivity contribution in [2.75, 3.05) is 45.5 Å². The number of rotatable bonds is 10. The summed E-state index contributed by atoms with van der Waals surface area (Å²) in [6.07, 6.45) is 1.92. The average Bonchev–Trinajstić information content (AvgIpc) is 2.33. The highest BCUT2D eigenvalue weighted by Crippen LogP contribution is 1.98. The molecule has 0 unspecified atom stereocenters. The largest absolute Gasteiger partial charge is 0.342 e. The fraction of sp³-hybridized carbons (Fsp3) is 0.917. The zero-order valence-electron chi connectivity index (χ0n) is 12.5. The molecule has 114 valence electrons. The summed E-state index contributed by atoms with van der Waals surface area (Å²) >= 11 is 0. The predicted molar refractivity (Wildman–Crippen MR) is 77.5 cm³/mol. The van der Waals surface area contributed by atoms with Crippen molar-refractivity contribution in [2.24, 2.45) is 0 Å². The van der Waals surface area contributed by atoms with E-state index in [1.54, 1.807) is 4.90 Å². The number of hydrogen-bond donors (Lipinski definition) is 1. The van der Waals surface area contributed by atoms with Gasteiger partial charge in [0.15, 0.2) is 0 Å². The normalized spacial score (nSPS) is 11.8. The second-order valence-electron chi connectivity index (χ2n) is 4.35. The van der Waals surface area contributed by atoms with E-state index in [4.69, 9.17) is 0 Å². The third-order valence-corrected chi connectivity index (χ3v) is 4.35. The molecule has 0 atom stereocenters. The van der Waals surface area contributed by atoms with Crippen molar-refractivity contribution < 1.29 is 13.2 Å². The molecule has 0 aliphatic rings. The Morgan fingerprint density at radius 1 is 1.11 bits per heavy atom. The van der Waals surface area contributed by atoms with E-state index in [2.05, 4.69) is 5.32 Å². The van der Waals surface area contributed by atoms with Gasteiger partial charge in [0.2, 0.25) is 15.9 Å². The number of amides is 1. The van der Waals surface area contributed by atoms with Crippen molar-refractivity contribution in [1.82, 2.24) is 14.5 Å². The van der Waals surface area contributed by atoms with Crippen LogP contribution in [-0.2, 0) is 14.8 Å². The minimum Gasteiger partial charge on any atom is -0.342 e. The van der Waals surface area contributed by atoms with Crippen LogP contribution in [0.4, 0.5) is 0 Å². The summed E-state index contributed by atoms with van der Waals surface area (Å²) in [6, 6.07) is 0. The second kappa shape index (κ2) is 9.28. The minimum absolute atomic E-state index is 0.0838. The van der Waals surface area contributed by atoms with Crippen LogP contribution in [0.3, 0.4) is 0 Å². The van der Waals surface area contributed by atoms with Crippen molar-refractivity contribution in [3.8, 4) is 0 Å². The van der Waals surface area contributed by atoms with Crippen LogP contribution < -0.4 is 5.32 Å². The maximum absolute atomic E-state index is 11.7. The molecule has 0 rings (SSSR count). The first kappa shape index (κ1) is 18.3. The molecule has 7 heteroatoms. The lowest BCUT2D eigenvalue weighted by Gasteiger charge is -2.19. The zero-order valence-corrected chi connectivity index (χ0v) is 13.3. The highest BCUT2D eigenvalue weighted by atomic mass is 32.2. The number of nitrogens with one attached hydrogen (secondary N) is 1. The van der Waals surface area contributed by atoms with Gasteiger partial charge in [0.05, 0.1) is 12.8 Å². The number of sulfonamides is 1. The van der Waals surface area contributed by atoms with Crippen molar-refractivity contribution in [2.45, 2.75) is 27.2 Å².